The van der Waals surface area contributed by atoms with Crippen molar-refractivity contribution >= 4 is 35.8 Å². The van der Waals surface area contributed by atoms with Crippen LogP contribution in [-0.4, -0.2) is 65.2 Å². The third kappa shape index (κ3) is 20.5. The van der Waals surface area contributed by atoms with Gasteiger partial charge in [0.2, 0.25) is 29.5 Å². The molecule has 5 amide bonds. The fourth-order valence-electron chi connectivity index (χ4n) is 4.44. The van der Waals surface area contributed by atoms with Crippen LogP contribution in [0.1, 0.15) is 117 Å². The topological polar surface area (TPSA) is 211 Å². The molecule has 1 unspecified atom stereocenters. The number of aliphatic hydroxyl groups is 1. The number of nitrogens with one attached hydrogen (secondary N) is 3. The van der Waals surface area contributed by atoms with Crippen LogP contribution in [0.5, 0.6) is 0 Å². The number of aliphatic hydroxyl groups excluding tert-OH is 1. The summed E-state index contributed by atoms with van der Waals surface area (Å²) < 4.78 is 0. The van der Waals surface area contributed by atoms with E-state index in [1.165, 1.54) is 32.1 Å². The van der Waals surface area contributed by atoms with Crippen LogP contribution in [0.25, 0.3) is 0 Å². The third-order valence-corrected chi connectivity index (χ3v) is 6.65. The maximum atomic E-state index is 13.0. The molecule has 0 heterocycles. The Balaban J connectivity index is 4.98. The standard InChI is InChI=1S/C29H53N5O7/c1-4-5-6-7-8-9-10-11-12-13-22(36)17-27(39)33-24(18-26(31)38)29(41)34-23(14-15-25(30)37)28(40)32-21(19-35)16-20(2)3/h19-24,36H,4-18H2,1-3H3,(H2,30,37)(H2,31,38)(H,32,40)(H,33,39)(H,34,41)/t21-,22?,23-,24-/m0/s1. The molecule has 0 saturated carbocycles. The number of primary amides is 2. The third-order valence-electron chi connectivity index (χ3n) is 6.65. The Morgan fingerprint density at radius 3 is 1.80 bits per heavy atom. The van der Waals surface area contributed by atoms with E-state index in [0.29, 0.717) is 19.1 Å². The van der Waals surface area contributed by atoms with E-state index >= 15 is 0 Å². The van der Waals surface area contributed by atoms with E-state index < -0.39 is 60.2 Å². The molecule has 0 radical (unpaired) electrons. The first-order valence-corrected chi connectivity index (χ1v) is 15.0. The SMILES string of the molecule is CCCCCCCCCCCC(O)CC(=O)N[C@@H](CC(N)=O)C(=O)N[C@@H](CCC(N)=O)C(=O)N[C@H](C=O)CC(C)C. The highest BCUT2D eigenvalue weighted by Crippen LogP contribution is 2.13. The van der Waals surface area contributed by atoms with Gasteiger partial charge in [-0.15, -0.1) is 0 Å². The van der Waals surface area contributed by atoms with Gasteiger partial charge in [0.15, 0.2) is 0 Å². The zero-order valence-corrected chi connectivity index (χ0v) is 25.1. The van der Waals surface area contributed by atoms with Crippen LogP contribution in [0.4, 0.5) is 0 Å². The number of hydrogen-bond donors (Lipinski definition) is 6. The summed E-state index contributed by atoms with van der Waals surface area (Å²) in [5.41, 5.74) is 10.5. The van der Waals surface area contributed by atoms with Crippen molar-refractivity contribution in [2.24, 2.45) is 17.4 Å². The molecule has 0 aliphatic carbocycles. The molecule has 0 bridgehead atoms. The molecule has 0 aromatic heterocycles. The summed E-state index contributed by atoms with van der Waals surface area (Å²) in [6.45, 7) is 5.93. The number of unbranched alkanes of at least 4 members (excludes halogenated alkanes) is 8. The van der Waals surface area contributed by atoms with Gasteiger partial charge in [0.25, 0.3) is 0 Å². The van der Waals surface area contributed by atoms with Crippen LogP contribution in [0.3, 0.4) is 0 Å². The van der Waals surface area contributed by atoms with Gasteiger partial charge in [-0.05, 0) is 25.2 Å². The second-order valence-electron chi connectivity index (χ2n) is 11.2. The Morgan fingerprint density at radius 1 is 0.732 bits per heavy atom. The van der Waals surface area contributed by atoms with Crippen LogP contribution in [0.2, 0.25) is 0 Å². The van der Waals surface area contributed by atoms with Gasteiger partial charge in [-0.1, -0.05) is 78.6 Å². The minimum absolute atomic E-state index is 0.106. The van der Waals surface area contributed by atoms with Crippen LogP contribution >= 0.6 is 0 Å². The van der Waals surface area contributed by atoms with E-state index in [2.05, 4.69) is 22.9 Å². The number of carbonyl (C=O) groups is 6. The summed E-state index contributed by atoms with van der Waals surface area (Å²) in [4.78, 5) is 72.7. The van der Waals surface area contributed by atoms with Crippen molar-refractivity contribution in [2.45, 2.75) is 141 Å². The number of hydrogen-bond acceptors (Lipinski definition) is 7. The molecule has 0 aromatic rings. The Kier molecular flexibility index (Phi) is 21.0. The molecule has 236 valence electrons. The number of nitrogens with two attached hydrogens (primary N) is 2. The first-order chi connectivity index (χ1) is 19.4. The first kappa shape index (κ1) is 38.0. The average Bonchev–Trinajstić information content (AvgIpc) is 2.88. The maximum Gasteiger partial charge on any atom is 0.243 e. The van der Waals surface area contributed by atoms with E-state index in [4.69, 9.17) is 11.5 Å². The van der Waals surface area contributed by atoms with Crippen molar-refractivity contribution in [3.63, 3.8) is 0 Å². The summed E-state index contributed by atoms with van der Waals surface area (Å²) in [5, 5.41) is 17.7. The molecule has 0 aliphatic rings. The smallest absolute Gasteiger partial charge is 0.243 e. The van der Waals surface area contributed by atoms with Crippen molar-refractivity contribution in [2.75, 3.05) is 0 Å². The van der Waals surface area contributed by atoms with Crippen molar-refractivity contribution < 1.29 is 33.9 Å². The minimum Gasteiger partial charge on any atom is -0.393 e. The Bertz CT molecular complexity index is 821. The van der Waals surface area contributed by atoms with E-state index in [-0.39, 0.29) is 25.2 Å². The largest absolute Gasteiger partial charge is 0.393 e. The Labute approximate surface area is 244 Å². The molecule has 0 aromatic carbocycles. The van der Waals surface area contributed by atoms with E-state index in [1.807, 2.05) is 13.8 Å². The lowest BCUT2D eigenvalue weighted by molar-refractivity contribution is -0.134. The van der Waals surface area contributed by atoms with Crippen molar-refractivity contribution in [3.05, 3.63) is 0 Å². The minimum atomic E-state index is -1.40. The molecule has 0 saturated heterocycles. The molecule has 0 rings (SSSR count). The van der Waals surface area contributed by atoms with Crippen molar-refractivity contribution in [1.82, 2.24) is 16.0 Å². The fourth-order valence-corrected chi connectivity index (χ4v) is 4.44. The summed E-state index contributed by atoms with van der Waals surface area (Å²) in [6, 6.07) is -3.46. The van der Waals surface area contributed by atoms with Gasteiger partial charge in [0.05, 0.1) is 25.0 Å². The lowest BCUT2D eigenvalue weighted by atomic mass is 10.0. The van der Waals surface area contributed by atoms with Gasteiger partial charge < -0.3 is 37.3 Å². The molecule has 4 atom stereocenters. The molecule has 0 fully saturated rings. The number of rotatable bonds is 25. The molecule has 0 aliphatic heterocycles. The summed E-state index contributed by atoms with van der Waals surface area (Å²) in [6.07, 6.45) is 9.41. The predicted octanol–water partition coefficient (Wildman–Crippen LogP) is 1.50. The quantitative estimate of drug-likeness (QED) is 0.0688. The first-order valence-electron chi connectivity index (χ1n) is 15.0. The van der Waals surface area contributed by atoms with Crippen LogP contribution in [0.15, 0.2) is 0 Å². The fraction of sp³-hybridized carbons (Fsp3) is 0.793. The zero-order chi connectivity index (χ0) is 31.2. The molecule has 12 nitrogen and oxygen atoms in total. The van der Waals surface area contributed by atoms with E-state index in [9.17, 15) is 33.9 Å². The Hall–Kier alpha value is -3.02. The second kappa shape index (κ2) is 22.6. The van der Waals surface area contributed by atoms with Gasteiger partial charge in [-0.2, -0.15) is 0 Å². The number of aldehydes is 1. The van der Waals surface area contributed by atoms with Crippen LogP contribution in [-0.2, 0) is 28.8 Å². The molecule has 8 N–H and O–H groups in total. The molecular weight excluding hydrogens is 530 g/mol. The normalized spacial score (nSPS) is 14.0. The van der Waals surface area contributed by atoms with Crippen LogP contribution in [0, 0.1) is 5.92 Å². The maximum absolute atomic E-state index is 13.0. The van der Waals surface area contributed by atoms with Gasteiger partial charge in [0.1, 0.15) is 18.4 Å². The average molecular weight is 584 g/mol. The zero-order valence-electron chi connectivity index (χ0n) is 25.1. The molecule has 12 heteroatoms. The highest BCUT2D eigenvalue weighted by Gasteiger charge is 2.29. The van der Waals surface area contributed by atoms with Crippen molar-refractivity contribution in [1.29, 1.82) is 0 Å². The highest BCUT2D eigenvalue weighted by atomic mass is 16.3. The summed E-state index contributed by atoms with van der Waals surface area (Å²) in [7, 11) is 0. The van der Waals surface area contributed by atoms with Crippen molar-refractivity contribution in [3.8, 4) is 0 Å². The molecular formula is C29H53N5O7. The number of carbonyl (C=O) groups excluding carboxylic acids is 6. The summed E-state index contributed by atoms with van der Waals surface area (Å²) in [5.74, 6) is -3.69. The van der Waals surface area contributed by atoms with Crippen LogP contribution < -0.4 is 27.4 Å². The molecule has 41 heavy (non-hydrogen) atoms. The van der Waals surface area contributed by atoms with E-state index in [0.717, 1.165) is 25.7 Å². The number of amides is 5. The van der Waals surface area contributed by atoms with Gasteiger partial charge >= 0.3 is 0 Å². The lowest BCUT2D eigenvalue weighted by Gasteiger charge is -2.24. The van der Waals surface area contributed by atoms with Gasteiger partial charge in [-0.3, -0.25) is 24.0 Å². The highest BCUT2D eigenvalue weighted by molar-refractivity contribution is 5.95. The Morgan fingerprint density at radius 2 is 1.29 bits per heavy atom. The second-order valence-corrected chi connectivity index (χ2v) is 11.2. The predicted molar refractivity (Wildman–Crippen MR) is 156 cm³/mol. The summed E-state index contributed by atoms with van der Waals surface area (Å²) >= 11 is 0. The molecule has 0 spiro atoms. The lowest BCUT2D eigenvalue weighted by Crippen LogP contribution is -2.56. The monoisotopic (exact) mass is 583 g/mol. The van der Waals surface area contributed by atoms with E-state index in [1.54, 1.807) is 0 Å². The van der Waals surface area contributed by atoms with Gasteiger partial charge in [-0.25, -0.2) is 0 Å². The van der Waals surface area contributed by atoms with Gasteiger partial charge in [0, 0.05) is 6.42 Å².